The van der Waals surface area contributed by atoms with Gasteiger partial charge in [-0.2, -0.15) is 19.8 Å². The molecule has 0 spiro atoms. The average Bonchev–Trinajstić information content (AvgIpc) is 2.84. The van der Waals surface area contributed by atoms with Crippen LogP contribution in [0.3, 0.4) is 0 Å². The van der Waals surface area contributed by atoms with Gasteiger partial charge in [-0.3, -0.25) is 9.34 Å². The monoisotopic (exact) mass is 770 g/mol. The summed E-state index contributed by atoms with van der Waals surface area (Å²) in [5.74, 6) is 0. The van der Waals surface area contributed by atoms with E-state index in [-0.39, 0.29) is 38.8 Å². The second-order valence-electron chi connectivity index (χ2n) is 12.4. The Morgan fingerprint density at radius 1 is 0.548 bits per heavy atom. The number of nitrogens with zero attached hydrogens (tertiary/aromatic N) is 2. The van der Waals surface area contributed by atoms with Gasteiger partial charge in [0, 0.05) is 36.5 Å². The fourth-order valence-electron chi connectivity index (χ4n) is 3.69. The lowest BCUT2D eigenvalue weighted by Crippen LogP contribution is -2.36. The number of halogens is 4. The molecule has 0 fully saturated rings. The van der Waals surface area contributed by atoms with E-state index in [1.54, 1.807) is 0 Å². The molecule has 0 saturated heterocycles. The second kappa shape index (κ2) is 22.6. The van der Waals surface area contributed by atoms with E-state index in [9.17, 15) is 0 Å². The highest BCUT2D eigenvalue weighted by molar-refractivity contribution is 8.04. The van der Waals surface area contributed by atoms with E-state index >= 15 is 0 Å². The molecule has 2 rings (SSSR count). The maximum Gasteiger partial charge on any atom is 0.0859 e. The first-order chi connectivity index (χ1) is 18.4. The van der Waals surface area contributed by atoms with Gasteiger partial charge in [0.15, 0.2) is 0 Å². The van der Waals surface area contributed by atoms with Crippen LogP contribution in [0.5, 0.6) is 0 Å². The zero-order chi connectivity index (χ0) is 30.7. The van der Waals surface area contributed by atoms with Crippen LogP contribution in [0.4, 0.5) is 0 Å². The quantitative estimate of drug-likeness (QED) is 0.198. The zero-order valence-electron chi connectivity index (χ0n) is 27.5. The molecule has 0 aliphatic heterocycles. The minimum atomic E-state index is -0.908. The number of aryl methyl sites for hydroxylation is 2. The number of benzene rings is 2. The largest absolute Gasteiger partial charge is 0.260 e. The Morgan fingerprint density at radius 2 is 0.857 bits per heavy atom. The third-order valence-corrected chi connectivity index (χ3v) is 15.4. The summed E-state index contributed by atoms with van der Waals surface area (Å²) in [4.78, 5) is 0. The van der Waals surface area contributed by atoms with Crippen molar-refractivity contribution in [2.45, 2.75) is 79.6 Å². The van der Waals surface area contributed by atoms with Gasteiger partial charge in [0.2, 0.25) is 0 Å². The maximum absolute atomic E-state index is 6.76. The minimum absolute atomic E-state index is 0. The molecule has 2 aromatic rings. The Morgan fingerprint density at radius 3 is 1.12 bits per heavy atom. The Bertz CT molecular complexity index is 888. The second-order valence-corrected chi connectivity index (χ2v) is 24.6. The molecular weight excluding hydrogens is 716 g/mol. The summed E-state index contributed by atoms with van der Waals surface area (Å²) in [6, 6.07) is 17.4. The molecule has 0 radical (unpaired) electrons. The summed E-state index contributed by atoms with van der Waals surface area (Å²) in [6.45, 7) is 23.2. The lowest BCUT2D eigenvalue weighted by Gasteiger charge is -2.39. The molecule has 12 heteroatoms. The van der Waals surface area contributed by atoms with Gasteiger partial charge in [-0.15, -0.1) is 7.92 Å². The third-order valence-electron chi connectivity index (χ3n) is 6.16. The van der Waals surface area contributed by atoms with Crippen LogP contribution in [0.2, 0.25) is 0 Å². The molecule has 42 heavy (non-hydrogen) atoms. The lowest BCUT2D eigenvalue weighted by atomic mass is 10.1. The smallest absolute Gasteiger partial charge is 0.0859 e. The van der Waals surface area contributed by atoms with E-state index in [4.69, 9.17) is 45.0 Å². The van der Waals surface area contributed by atoms with E-state index in [1.807, 2.05) is 0 Å². The maximum atomic E-state index is 6.76. The van der Waals surface area contributed by atoms with Gasteiger partial charge >= 0.3 is 0 Å². The van der Waals surface area contributed by atoms with Crippen LogP contribution in [0.25, 0.3) is 0 Å². The minimum Gasteiger partial charge on any atom is -0.260 e. The molecule has 0 saturated carbocycles. The zero-order valence-corrected chi connectivity index (χ0v) is 36.9. The molecule has 0 bridgehead atoms. The summed E-state index contributed by atoms with van der Waals surface area (Å²) >= 11 is 25.2. The summed E-state index contributed by atoms with van der Waals surface area (Å²) in [5, 5.41) is 0. The van der Waals surface area contributed by atoms with Crippen molar-refractivity contribution in [3.8, 4) is 0 Å². The molecule has 0 aliphatic rings. The van der Waals surface area contributed by atoms with Crippen LogP contribution in [0.1, 0.15) is 63.8 Å². The van der Waals surface area contributed by atoms with Crippen LogP contribution in [-0.4, -0.2) is 58.4 Å². The first-order valence-electron chi connectivity index (χ1n) is 13.7. The summed E-state index contributed by atoms with van der Waals surface area (Å²) in [6.07, 6.45) is 4.08. The van der Waals surface area contributed by atoms with Crippen LogP contribution < -0.4 is 0 Å². The van der Waals surface area contributed by atoms with E-state index in [1.165, 1.54) is 28.4 Å². The van der Waals surface area contributed by atoms with Gasteiger partial charge in [-0.05, 0) is 92.2 Å². The van der Waals surface area contributed by atoms with Crippen molar-refractivity contribution in [2.24, 2.45) is 0 Å². The van der Waals surface area contributed by atoms with Crippen molar-refractivity contribution in [1.29, 1.82) is 0 Å². The van der Waals surface area contributed by atoms with E-state index < -0.39 is 21.5 Å². The van der Waals surface area contributed by atoms with Crippen LogP contribution in [0.15, 0.2) is 48.5 Å². The van der Waals surface area contributed by atoms with E-state index in [2.05, 4.69) is 127 Å². The summed E-state index contributed by atoms with van der Waals surface area (Å²) < 4.78 is 4.84. The highest BCUT2D eigenvalue weighted by atomic mass is 35.9. The van der Waals surface area contributed by atoms with Crippen molar-refractivity contribution in [1.82, 2.24) is 9.34 Å². The fraction of sp³-hybridized carbons (Fsp3) is 0.600. The predicted octanol–water partition coefficient (Wildman–Crippen LogP) is 12.9. The lowest BCUT2D eigenvalue weighted by molar-refractivity contribution is 0.259. The van der Waals surface area contributed by atoms with Gasteiger partial charge in [0.05, 0.1) is 21.5 Å². The van der Waals surface area contributed by atoms with Crippen molar-refractivity contribution >= 4 is 94.2 Å². The van der Waals surface area contributed by atoms with Crippen LogP contribution >= 0.6 is 94.2 Å². The molecule has 244 valence electrons. The normalized spacial score (nSPS) is 13.4. The Labute approximate surface area is 290 Å². The molecule has 4 atom stereocenters. The summed E-state index contributed by atoms with van der Waals surface area (Å²) in [7, 11) is -1.17. The highest BCUT2D eigenvalue weighted by Crippen LogP contribution is 2.55. The summed E-state index contributed by atoms with van der Waals surface area (Å²) in [5.41, 5.74) is 5.38. The fourth-order valence-corrected chi connectivity index (χ4v) is 14.0. The first kappa shape index (κ1) is 46.2. The van der Waals surface area contributed by atoms with Crippen LogP contribution in [-0.2, 0) is 13.1 Å². The molecule has 0 heterocycles. The van der Waals surface area contributed by atoms with Crippen molar-refractivity contribution in [3.63, 3.8) is 0 Å². The van der Waals surface area contributed by atoms with Crippen molar-refractivity contribution < 1.29 is 0 Å². The van der Waals surface area contributed by atoms with E-state index in [0.717, 1.165) is 31.6 Å². The van der Waals surface area contributed by atoms with Gasteiger partial charge in [0.25, 0.3) is 0 Å². The molecule has 2 nitrogen and oxygen atoms in total. The molecule has 0 N–H and O–H groups in total. The average molecular weight is 772 g/mol. The molecule has 0 aliphatic carbocycles. The molecule has 2 aromatic carbocycles. The van der Waals surface area contributed by atoms with Crippen LogP contribution in [0, 0.1) is 13.8 Å². The molecule has 0 amide bonds. The molecule has 4 unspecified atom stereocenters. The topological polar surface area (TPSA) is 6.48 Å². The van der Waals surface area contributed by atoms with Gasteiger partial charge in [-0.1, -0.05) is 105 Å². The van der Waals surface area contributed by atoms with Crippen molar-refractivity contribution in [3.05, 3.63) is 70.8 Å². The predicted molar refractivity (Wildman–Crippen MR) is 218 cm³/mol. The number of hydrogen-bond donors (Lipinski definition) is 0. The van der Waals surface area contributed by atoms with Crippen molar-refractivity contribution in [2.75, 3.05) is 38.0 Å². The van der Waals surface area contributed by atoms with Gasteiger partial charge < -0.3 is 0 Å². The number of hydrogen-bond acceptors (Lipinski definition) is 2. The molecular formula is C30H56Cl4N2P6. The first-order valence-corrected chi connectivity index (χ1v) is 24.2. The SMILES string of the molecule is Cc1ccc(CN(P(Cl)CCP(C)C)C(C)(C)C)cc1.Cc1ccc(CN(P(Cl)CCP(Cl)Cl)C(C)(C)C)cc1.P.P. The van der Waals surface area contributed by atoms with Gasteiger partial charge in [-0.25, -0.2) is 0 Å². The van der Waals surface area contributed by atoms with E-state index in [0.29, 0.717) is 0 Å². The number of rotatable bonds is 12. The third kappa shape index (κ3) is 19.7. The standard InChI is InChI=1S/C16H28ClNP2.C14H22Cl3NP2.2H3P/c1-14-7-9-15(10-8-14)13-18(16(2,3)4)20(17)12-11-19(5)6;1-12-5-7-13(8-6-12)11-18(14(2,3)4)20(17)10-9-19(15)16;;/h7-10H,11-13H2,1-6H3;5-8H,9-11H2,1-4H3;2*1H3. The highest BCUT2D eigenvalue weighted by Gasteiger charge is 2.29. The van der Waals surface area contributed by atoms with Gasteiger partial charge in [0.1, 0.15) is 0 Å². The molecule has 0 aromatic heterocycles. The Kier molecular flexibility index (Phi) is 24.9. The Hall–Kier alpha value is 2.10. The Balaban J connectivity index is 0.